The smallest absolute Gasteiger partial charge is 0.255 e. The van der Waals surface area contributed by atoms with Gasteiger partial charge in [0.15, 0.2) is 6.61 Å². The van der Waals surface area contributed by atoms with E-state index in [2.05, 4.69) is 0 Å². The fourth-order valence-corrected chi connectivity index (χ4v) is 1.11. The topological polar surface area (TPSA) is 78.3 Å². The highest BCUT2D eigenvalue weighted by Gasteiger charge is 2.05. The van der Waals surface area contributed by atoms with Gasteiger partial charge in [-0.25, -0.2) is 0 Å². The van der Waals surface area contributed by atoms with Gasteiger partial charge in [0.25, 0.3) is 5.91 Å². The number of ether oxygens (including phenoxy) is 1. The molecule has 0 fully saturated rings. The molecule has 74 valence electrons. The lowest BCUT2D eigenvalue weighted by Crippen LogP contribution is -2.21. The fraction of sp³-hybridized carbons (Fsp3) is 0.111. The van der Waals surface area contributed by atoms with Crippen LogP contribution in [0, 0.1) is 0 Å². The number of benzene rings is 1. The number of para-hydroxylation sites is 1. The van der Waals surface area contributed by atoms with E-state index in [1.165, 1.54) is 0 Å². The first-order valence-electron chi connectivity index (χ1n) is 3.91. The molecular formula is C9H10N2O2S. The molecule has 4 nitrogen and oxygen atoms in total. The van der Waals surface area contributed by atoms with E-state index in [9.17, 15) is 4.79 Å². The summed E-state index contributed by atoms with van der Waals surface area (Å²) in [6.07, 6.45) is 0. The normalized spacial score (nSPS) is 9.43. The number of hydrogen-bond acceptors (Lipinski definition) is 3. The summed E-state index contributed by atoms with van der Waals surface area (Å²) in [7, 11) is 0. The molecule has 0 aromatic heterocycles. The molecule has 0 saturated carbocycles. The van der Waals surface area contributed by atoms with Gasteiger partial charge in [-0.15, -0.1) is 0 Å². The molecule has 1 aromatic carbocycles. The molecule has 0 aliphatic carbocycles. The quantitative estimate of drug-likeness (QED) is 0.695. The molecule has 1 rings (SSSR count). The summed E-state index contributed by atoms with van der Waals surface area (Å²) < 4.78 is 5.12. The highest BCUT2D eigenvalue weighted by atomic mass is 32.1. The number of primary amides is 1. The van der Waals surface area contributed by atoms with Crippen LogP contribution in [0.15, 0.2) is 24.3 Å². The third-order valence-electron chi connectivity index (χ3n) is 1.52. The van der Waals surface area contributed by atoms with Crippen molar-refractivity contribution in [2.75, 3.05) is 6.61 Å². The van der Waals surface area contributed by atoms with Gasteiger partial charge in [-0.1, -0.05) is 24.4 Å². The molecule has 0 unspecified atom stereocenters. The van der Waals surface area contributed by atoms with E-state index in [1.807, 2.05) is 0 Å². The van der Waals surface area contributed by atoms with Crippen molar-refractivity contribution in [1.82, 2.24) is 0 Å². The Morgan fingerprint density at radius 1 is 1.36 bits per heavy atom. The molecule has 1 aromatic rings. The first-order chi connectivity index (χ1) is 6.61. The summed E-state index contributed by atoms with van der Waals surface area (Å²) in [6.45, 7) is -0.181. The summed E-state index contributed by atoms with van der Waals surface area (Å²) in [5, 5.41) is 0. The van der Waals surface area contributed by atoms with E-state index in [0.29, 0.717) is 11.3 Å². The van der Waals surface area contributed by atoms with E-state index in [-0.39, 0.29) is 11.6 Å². The highest BCUT2D eigenvalue weighted by Crippen LogP contribution is 2.17. The van der Waals surface area contributed by atoms with Gasteiger partial charge in [-0.3, -0.25) is 4.79 Å². The van der Waals surface area contributed by atoms with Crippen LogP contribution in [0.4, 0.5) is 0 Å². The molecule has 1 amide bonds. The summed E-state index contributed by atoms with van der Waals surface area (Å²) in [6, 6.07) is 6.94. The van der Waals surface area contributed by atoms with Crippen molar-refractivity contribution in [2.24, 2.45) is 11.5 Å². The van der Waals surface area contributed by atoms with Crippen LogP contribution in [0.25, 0.3) is 0 Å². The van der Waals surface area contributed by atoms with Crippen LogP contribution in [0.5, 0.6) is 5.75 Å². The predicted molar refractivity (Wildman–Crippen MR) is 57.0 cm³/mol. The summed E-state index contributed by atoms with van der Waals surface area (Å²) in [4.78, 5) is 10.7. The second kappa shape index (κ2) is 4.57. The molecule has 0 aliphatic rings. The number of carbonyl (C=O) groups is 1. The maximum Gasteiger partial charge on any atom is 0.255 e. The Balaban J connectivity index is 2.84. The maximum atomic E-state index is 10.5. The predicted octanol–water partition coefficient (Wildman–Crippen LogP) is 0.185. The zero-order chi connectivity index (χ0) is 10.6. The van der Waals surface area contributed by atoms with Crippen molar-refractivity contribution in [3.05, 3.63) is 29.8 Å². The summed E-state index contributed by atoms with van der Waals surface area (Å²) in [5.74, 6) is -0.0680. The van der Waals surface area contributed by atoms with Gasteiger partial charge in [-0.2, -0.15) is 0 Å². The van der Waals surface area contributed by atoms with Crippen LogP contribution in [0.3, 0.4) is 0 Å². The van der Waals surface area contributed by atoms with Gasteiger partial charge < -0.3 is 16.2 Å². The average Bonchev–Trinajstić information content (AvgIpc) is 2.15. The van der Waals surface area contributed by atoms with Crippen molar-refractivity contribution >= 4 is 23.1 Å². The van der Waals surface area contributed by atoms with Gasteiger partial charge in [0.1, 0.15) is 10.7 Å². The molecule has 14 heavy (non-hydrogen) atoms. The number of nitrogens with two attached hydrogens (primary N) is 2. The Hall–Kier alpha value is -1.62. The summed E-state index contributed by atoms with van der Waals surface area (Å²) >= 11 is 4.81. The van der Waals surface area contributed by atoms with Crippen molar-refractivity contribution in [3.63, 3.8) is 0 Å². The van der Waals surface area contributed by atoms with Crippen molar-refractivity contribution in [1.29, 1.82) is 0 Å². The Bertz CT molecular complexity index is 366. The van der Waals surface area contributed by atoms with Gasteiger partial charge in [0.2, 0.25) is 0 Å². The number of carbonyl (C=O) groups excluding carboxylic acids is 1. The average molecular weight is 210 g/mol. The Morgan fingerprint density at radius 2 is 2.00 bits per heavy atom. The minimum atomic E-state index is -0.539. The van der Waals surface area contributed by atoms with E-state index in [4.69, 9.17) is 28.4 Å². The minimum absolute atomic E-state index is 0.181. The molecule has 0 aliphatic heterocycles. The molecule has 0 heterocycles. The van der Waals surface area contributed by atoms with Crippen LogP contribution >= 0.6 is 12.2 Å². The second-order valence-corrected chi connectivity index (χ2v) is 3.06. The maximum absolute atomic E-state index is 10.5. The molecule has 0 spiro atoms. The number of thiocarbonyl (C=S) groups is 1. The lowest BCUT2D eigenvalue weighted by atomic mass is 10.2. The molecule has 5 heteroatoms. The van der Waals surface area contributed by atoms with Crippen LogP contribution in [0.2, 0.25) is 0 Å². The molecule has 0 atom stereocenters. The molecule has 0 radical (unpaired) electrons. The van der Waals surface area contributed by atoms with Gasteiger partial charge in [0.05, 0.1) is 5.56 Å². The van der Waals surface area contributed by atoms with Crippen LogP contribution in [-0.2, 0) is 4.79 Å². The zero-order valence-corrected chi connectivity index (χ0v) is 8.21. The van der Waals surface area contributed by atoms with Crippen molar-refractivity contribution in [3.8, 4) is 5.75 Å². The van der Waals surface area contributed by atoms with Gasteiger partial charge >= 0.3 is 0 Å². The Labute approximate surface area is 86.8 Å². The first kappa shape index (κ1) is 10.5. The van der Waals surface area contributed by atoms with Crippen LogP contribution in [-0.4, -0.2) is 17.5 Å². The Morgan fingerprint density at radius 3 is 2.57 bits per heavy atom. The van der Waals surface area contributed by atoms with E-state index >= 15 is 0 Å². The zero-order valence-electron chi connectivity index (χ0n) is 7.40. The lowest BCUT2D eigenvalue weighted by Gasteiger charge is -2.08. The third kappa shape index (κ3) is 2.70. The van der Waals surface area contributed by atoms with Crippen molar-refractivity contribution in [2.45, 2.75) is 0 Å². The van der Waals surface area contributed by atoms with Gasteiger partial charge in [0, 0.05) is 0 Å². The number of amides is 1. The summed E-state index contributed by atoms with van der Waals surface area (Å²) in [5.41, 5.74) is 11.0. The Kier molecular flexibility index (Phi) is 3.41. The molecular weight excluding hydrogens is 200 g/mol. The number of hydrogen-bond donors (Lipinski definition) is 2. The molecule has 4 N–H and O–H groups in total. The monoisotopic (exact) mass is 210 g/mol. The molecule has 0 bridgehead atoms. The lowest BCUT2D eigenvalue weighted by molar-refractivity contribution is -0.119. The molecule has 0 saturated heterocycles. The standard InChI is InChI=1S/C9H10N2O2S/c10-8(12)5-13-7-4-2-1-3-6(7)9(11)14/h1-4H,5H2,(H2,10,12)(H2,11,14). The minimum Gasteiger partial charge on any atom is -0.483 e. The van der Waals surface area contributed by atoms with Gasteiger partial charge in [-0.05, 0) is 12.1 Å². The number of rotatable bonds is 4. The van der Waals surface area contributed by atoms with E-state index in [0.717, 1.165) is 0 Å². The second-order valence-electron chi connectivity index (χ2n) is 2.62. The first-order valence-corrected chi connectivity index (χ1v) is 4.32. The van der Waals surface area contributed by atoms with Crippen molar-refractivity contribution < 1.29 is 9.53 Å². The van der Waals surface area contributed by atoms with Crippen LogP contribution < -0.4 is 16.2 Å². The highest BCUT2D eigenvalue weighted by molar-refractivity contribution is 7.80. The fourth-order valence-electron chi connectivity index (χ4n) is 0.945. The third-order valence-corrected chi connectivity index (χ3v) is 1.74. The van der Waals surface area contributed by atoms with Crippen LogP contribution in [0.1, 0.15) is 5.56 Å². The largest absolute Gasteiger partial charge is 0.483 e. The van der Waals surface area contributed by atoms with E-state index in [1.54, 1.807) is 24.3 Å². The SMILES string of the molecule is NC(=O)COc1ccccc1C(N)=S. The van der Waals surface area contributed by atoms with E-state index < -0.39 is 5.91 Å².